The standard InChI is InChI=1S/C14H22N2O2/c1-2-3-14(16-6-4-15-5-7-16)11-8-12(17)10-13(18)9-11/h8-10,14-15,17-18H,2-7H2,1H3/t14-/m1/s1. The van der Waals surface area contributed by atoms with Crippen LogP contribution in [0.3, 0.4) is 0 Å². The highest BCUT2D eigenvalue weighted by molar-refractivity contribution is 5.38. The predicted molar refractivity (Wildman–Crippen MR) is 71.9 cm³/mol. The topological polar surface area (TPSA) is 55.7 Å². The van der Waals surface area contributed by atoms with Crippen molar-refractivity contribution in [2.24, 2.45) is 0 Å². The van der Waals surface area contributed by atoms with Gasteiger partial charge in [-0.05, 0) is 24.1 Å². The second kappa shape index (κ2) is 6.07. The van der Waals surface area contributed by atoms with Crippen LogP contribution in [0.5, 0.6) is 11.5 Å². The molecule has 100 valence electrons. The molecule has 1 aromatic carbocycles. The van der Waals surface area contributed by atoms with E-state index in [9.17, 15) is 10.2 Å². The first-order valence-corrected chi connectivity index (χ1v) is 6.68. The monoisotopic (exact) mass is 250 g/mol. The normalized spacial score (nSPS) is 18.7. The predicted octanol–water partition coefficient (Wildman–Crippen LogP) is 1.84. The Hall–Kier alpha value is -1.26. The fourth-order valence-corrected chi connectivity index (χ4v) is 2.64. The molecule has 0 unspecified atom stereocenters. The van der Waals surface area contributed by atoms with Crippen LogP contribution in [-0.2, 0) is 0 Å². The summed E-state index contributed by atoms with van der Waals surface area (Å²) in [6.45, 7) is 6.20. The highest BCUT2D eigenvalue weighted by Crippen LogP contribution is 2.31. The number of piperazine rings is 1. The maximum absolute atomic E-state index is 9.62. The van der Waals surface area contributed by atoms with Crippen LogP contribution in [0.25, 0.3) is 0 Å². The Morgan fingerprint density at radius 3 is 2.33 bits per heavy atom. The average Bonchev–Trinajstić information content (AvgIpc) is 2.36. The van der Waals surface area contributed by atoms with Crippen LogP contribution in [0.4, 0.5) is 0 Å². The zero-order valence-corrected chi connectivity index (χ0v) is 10.9. The first-order valence-electron chi connectivity index (χ1n) is 6.68. The Labute approximate surface area is 108 Å². The summed E-state index contributed by atoms with van der Waals surface area (Å²) in [5.41, 5.74) is 1.01. The lowest BCUT2D eigenvalue weighted by atomic mass is 9.99. The van der Waals surface area contributed by atoms with Crippen molar-refractivity contribution >= 4 is 0 Å². The molecule has 0 bridgehead atoms. The van der Waals surface area contributed by atoms with Crippen molar-refractivity contribution in [1.29, 1.82) is 0 Å². The molecule has 18 heavy (non-hydrogen) atoms. The van der Waals surface area contributed by atoms with Crippen molar-refractivity contribution in [2.75, 3.05) is 26.2 Å². The van der Waals surface area contributed by atoms with Gasteiger partial charge in [-0.15, -0.1) is 0 Å². The van der Waals surface area contributed by atoms with Gasteiger partial charge < -0.3 is 15.5 Å². The van der Waals surface area contributed by atoms with Crippen molar-refractivity contribution in [3.05, 3.63) is 23.8 Å². The van der Waals surface area contributed by atoms with E-state index in [0.717, 1.165) is 44.6 Å². The Morgan fingerprint density at radius 1 is 1.17 bits per heavy atom. The molecule has 1 aromatic rings. The summed E-state index contributed by atoms with van der Waals surface area (Å²) in [6, 6.07) is 5.20. The smallest absolute Gasteiger partial charge is 0.119 e. The van der Waals surface area contributed by atoms with E-state index in [0.29, 0.717) is 0 Å². The maximum Gasteiger partial charge on any atom is 0.119 e. The summed E-state index contributed by atoms with van der Waals surface area (Å²) in [7, 11) is 0. The van der Waals surface area contributed by atoms with Gasteiger partial charge in [0, 0.05) is 38.3 Å². The van der Waals surface area contributed by atoms with E-state index in [-0.39, 0.29) is 17.5 Å². The number of aromatic hydroxyl groups is 2. The van der Waals surface area contributed by atoms with Gasteiger partial charge in [-0.25, -0.2) is 0 Å². The van der Waals surface area contributed by atoms with Crippen LogP contribution in [0.1, 0.15) is 31.4 Å². The van der Waals surface area contributed by atoms with Crippen LogP contribution in [0.2, 0.25) is 0 Å². The van der Waals surface area contributed by atoms with Crippen LogP contribution in [-0.4, -0.2) is 41.3 Å². The molecule has 0 saturated carbocycles. The van der Waals surface area contributed by atoms with Gasteiger partial charge in [-0.3, -0.25) is 4.90 Å². The summed E-state index contributed by atoms with van der Waals surface area (Å²) in [5, 5.41) is 22.6. The summed E-state index contributed by atoms with van der Waals surface area (Å²) in [5.74, 6) is 0.280. The molecular weight excluding hydrogens is 228 g/mol. The van der Waals surface area contributed by atoms with Crippen molar-refractivity contribution in [3.63, 3.8) is 0 Å². The largest absolute Gasteiger partial charge is 0.508 e. The fourth-order valence-electron chi connectivity index (χ4n) is 2.64. The third-order valence-corrected chi connectivity index (χ3v) is 3.46. The molecule has 2 rings (SSSR count). The number of nitrogens with zero attached hydrogens (tertiary/aromatic N) is 1. The zero-order valence-electron chi connectivity index (χ0n) is 10.9. The van der Waals surface area contributed by atoms with Crippen LogP contribution in [0, 0.1) is 0 Å². The third-order valence-electron chi connectivity index (χ3n) is 3.46. The molecule has 1 fully saturated rings. The molecule has 1 aliphatic heterocycles. The first kappa shape index (κ1) is 13.2. The van der Waals surface area contributed by atoms with E-state index in [1.54, 1.807) is 12.1 Å². The van der Waals surface area contributed by atoms with Crippen LogP contribution in [0.15, 0.2) is 18.2 Å². The summed E-state index contributed by atoms with van der Waals surface area (Å²) in [4.78, 5) is 2.42. The van der Waals surface area contributed by atoms with E-state index in [1.807, 2.05) is 0 Å². The highest BCUT2D eigenvalue weighted by atomic mass is 16.3. The highest BCUT2D eigenvalue weighted by Gasteiger charge is 2.22. The van der Waals surface area contributed by atoms with E-state index < -0.39 is 0 Å². The Morgan fingerprint density at radius 2 is 1.78 bits per heavy atom. The number of nitrogens with one attached hydrogen (secondary N) is 1. The number of phenols is 2. The fraction of sp³-hybridized carbons (Fsp3) is 0.571. The van der Waals surface area contributed by atoms with Crippen LogP contribution >= 0.6 is 0 Å². The maximum atomic E-state index is 9.62. The third kappa shape index (κ3) is 3.15. The van der Waals surface area contributed by atoms with Gasteiger partial charge in [0.1, 0.15) is 11.5 Å². The molecule has 1 heterocycles. The number of benzene rings is 1. The minimum atomic E-state index is 0.140. The minimum Gasteiger partial charge on any atom is -0.508 e. The van der Waals surface area contributed by atoms with E-state index in [4.69, 9.17) is 0 Å². The van der Waals surface area contributed by atoms with Crippen molar-refractivity contribution in [1.82, 2.24) is 10.2 Å². The molecule has 4 heteroatoms. The SMILES string of the molecule is CCC[C@H](c1cc(O)cc(O)c1)N1CCNCC1. The Kier molecular flexibility index (Phi) is 4.44. The molecule has 1 atom stereocenters. The first-order chi connectivity index (χ1) is 8.70. The van der Waals surface area contributed by atoms with E-state index in [2.05, 4.69) is 17.1 Å². The second-order valence-electron chi connectivity index (χ2n) is 4.87. The molecule has 0 amide bonds. The number of hydrogen-bond donors (Lipinski definition) is 3. The van der Waals surface area contributed by atoms with Crippen molar-refractivity contribution < 1.29 is 10.2 Å². The lowest BCUT2D eigenvalue weighted by Crippen LogP contribution is -2.45. The Bertz CT molecular complexity index is 369. The lowest BCUT2D eigenvalue weighted by molar-refractivity contribution is 0.164. The summed E-state index contributed by atoms with van der Waals surface area (Å²) in [6.07, 6.45) is 2.13. The van der Waals surface area contributed by atoms with Gasteiger partial charge in [-0.2, -0.15) is 0 Å². The number of phenolic OH excluding ortho intramolecular Hbond substituents is 2. The van der Waals surface area contributed by atoms with Gasteiger partial charge in [0.15, 0.2) is 0 Å². The molecule has 0 aliphatic carbocycles. The Balaban J connectivity index is 2.22. The van der Waals surface area contributed by atoms with Gasteiger partial charge >= 0.3 is 0 Å². The number of rotatable bonds is 4. The zero-order chi connectivity index (χ0) is 13.0. The summed E-state index contributed by atoms with van der Waals surface area (Å²) >= 11 is 0. The van der Waals surface area contributed by atoms with Crippen molar-refractivity contribution in [3.8, 4) is 11.5 Å². The quantitative estimate of drug-likeness (QED) is 0.763. The molecule has 3 N–H and O–H groups in total. The molecule has 1 aliphatic rings. The minimum absolute atomic E-state index is 0.140. The van der Waals surface area contributed by atoms with Crippen molar-refractivity contribution in [2.45, 2.75) is 25.8 Å². The summed E-state index contributed by atoms with van der Waals surface area (Å²) < 4.78 is 0. The van der Waals surface area contributed by atoms with Gasteiger partial charge in [0.25, 0.3) is 0 Å². The average molecular weight is 250 g/mol. The molecule has 0 aromatic heterocycles. The van der Waals surface area contributed by atoms with Gasteiger partial charge in [0.05, 0.1) is 0 Å². The molecule has 0 spiro atoms. The molecule has 4 nitrogen and oxygen atoms in total. The molecule has 1 saturated heterocycles. The van der Waals surface area contributed by atoms with Gasteiger partial charge in [-0.1, -0.05) is 13.3 Å². The second-order valence-corrected chi connectivity index (χ2v) is 4.87. The van der Waals surface area contributed by atoms with E-state index in [1.165, 1.54) is 6.07 Å². The lowest BCUT2D eigenvalue weighted by Gasteiger charge is -2.35. The van der Waals surface area contributed by atoms with E-state index >= 15 is 0 Å². The van der Waals surface area contributed by atoms with Crippen LogP contribution < -0.4 is 5.32 Å². The van der Waals surface area contributed by atoms with Gasteiger partial charge in [0.2, 0.25) is 0 Å². The number of hydrogen-bond acceptors (Lipinski definition) is 4. The molecular formula is C14H22N2O2. The molecule has 0 radical (unpaired) electrons.